The number of hydrogen-bond acceptors (Lipinski definition) is 4. The first-order valence-electron chi connectivity index (χ1n) is 6.62. The Morgan fingerprint density at radius 1 is 1.40 bits per heavy atom. The number of aliphatic carboxylic acids is 1. The SMILES string of the molecule is Cc1cnc(CNC(=O)NCCC(C)CCC(=O)O)s1. The van der Waals surface area contributed by atoms with E-state index in [1.807, 2.05) is 13.8 Å². The zero-order valence-corrected chi connectivity index (χ0v) is 12.6. The monoisotopic (exact) mass is 299 g/mol. The summed E-state index contributed by atoms with van der Waals surface area (Å²) in [5.74, 6) is -0.491. The van der Waals surface area contributed by atoms with Crippen molar-refractivity contribution < 1.29 is 14.7 Å². The first kappa shape index (κ1) is 16.4. The summed E-state index contributed by atoms with van der Waals surface area (Å²) in [4.78, 5) is 27.2. The van der Waals surface area contributed by atoms with Crippen molar-refractivity contribution in [3.8, 4) is 0 Å². The number of hydrogen-bond donors (Lipinski definition) is 3. The van der Waals surface area contributed by atoms with Crippen LogP contribution in [0.15, 0.2) is 6.20 Å². The molecule has 3 N–H and O–H groups in total. The molecule has 2 amide bonds. The third kappa shape index (κ3) is 7.08. The van der Waals surface area contributed by atoms with Crippen LogP contribution in [0.2, 0.25) is 0 Å². The summed E-state index contributed by atoms with van der Waals surface area (Å²) < 4.78 is 0. The molecule has 0 saturated heterocycles. The van der Waals surface area contributed by atoms with Crippen molar-refractivity contribution in [1.29, 1.82) is 0 Å². The molecule has 7 heteroatoms. The highest BCUT2D eigenvalue weighted by Crippen LogP contribution is 2.10. The Kier molecular flexibility index (Phi) is 7.00. The predicted octanol–water partition coefficient (Wildman–Crippen LogP) is 2.14. The summed E-state index contributed by atoms with van der Waals surface area (Å²) in [6.45, 7) is 4.93. The van der Waals surface area contributed by atoms with Crippen LogP contribution in [0.25, 0.3) is 0 Å². The van der Waals surface area contributed by atoms with Gasteiger partial charge in [-0.2, -0.15) is 0 Å². The molecule has 0 aliphatic heterocycles. The first-order valence-corrected chi connectivity index (χ1v) is 7.44. The second-order valence-corrected chi connectivity index (χ2v) is 6.12. The average Bonchev–Trinajstić information content (AvgIpc) is 2.80. The molecule has 0 radical (unpaired) electrons. The fraction of sp³-hybridized carbons (Fsp3) is 0.615. The van der Waals surface area contributed by atoms with Crippen molar-refractivity contribution in [1.82, 2.24) is 15.6 Å². The number of aromatic nitrogens is 1. The van der Waals surface area contributed by atoms with Crippen LogP contribution in [0.1, 0.15) is 36.1 Å². The van der Waals surface area contributed by atoms with Crippen LogP contribution in [0.3, 0.4) is 0 Å². The van der Waals surface area contributed by atoms with Crippen molar-refractivity contribution in [2.45, 2.75) is 39.7 Å². The Morgan fingerprint density at radius 3 is 2.75 bits per heavy atom. The van der Waals surface area contributed by atoms with Gasteiger partial charge < -0.3 is 15.7 Å². The van der Waals surface area contributed by atoms with Gasteiger partial charge in [0.05, 0.1) is 6.54 Å². The fourth-order valence-corrected chi connectivity index (χ4v) is 2.37. The molecule has 1 aromatic rings. The van der Waals surface area contributed by atoms with Gasteiger partial charge >= 0.3 is 12.0 Å². The van der Waals surface area contributed by atoms with E-state index in [2.05, 4.69) is 15.6 Å². The van der Waals surface area contributed by atoms with E-state index in [-0.39, 0.29) is 18.4 Å². The summed E-state index contributed by atoms with van der Waals surface area (Å²) in [7, 11) is 0. The zero-order valence-electron chi connectivity index (χ0n) is 11.8. The number of carbonyl (C=O) groups is 2. The topological polar surface area (TPSA) is 91.3 Å². The van der Waals surface area contributed by atoms with E-state index in [0.717, 1.165) is 16.3 Å². The Balaban J connectivity index is 2.09. The number of thiazole rings is 1. The molecule has 1 atom stereocenters. The molecule has 20 heavy (non-hydrogen) atoms. The highest BCUT2D eigenvalue weighted by atomic mass is 32.1. The number of urea groups is 1. The minimum atomic E-state index is -0.777. The van der Waals surface area contributed by atoms with Crippen LogP contribution in [0, 0.1) is 12.8 Å². The second-order valence-electron chi connectivity index (χ2n) is 4.80. The van der Waals surface area contributed by atoms with Crippen molar-refractivity contribution in [2.75, 3.05) is 6.54 Å². The molecule has 0 spiro atoms. The Bertz CT molecular complexity index is 448. The maximum atomic E-state index is 11.5. The Morgan fingerprint density at radius 2 is 2.15 bits per heavy atom. The van der Waals surface area contributed by atoms with Gasteiger partial charge in [0.25, 0.3) is 0 Å². The molecular formula is C13H21N3O3S. The fourth-order valence-electron chi connectivity index (χ4n) is 1.65. The van der Waals surface area contributed by atoms with E-state index in [9.17, 15) is 9.59 Å². The molecule has 1 rings (SSSR count). The molecule has 6 nitrogen and oxygen atoms in total. The van der Waals surface area contributed by atoms with E-state index < -0.39 is 5.97 Å². The third-order valence-electron chi connectivity index (χ3n) is 2.84. The van der Waals surface area contributed by atoms with Crippen molar-refractivity contribution in [3.63, 3.8) is 0 Å². The number of carboxylic acids is 1. The summed E-state index contributed by atoms with van der Waals surface area (Å²) >= 11 is 1.56. The molecule has 0 saturated carbocycles. The van der Waals surface area contributed by atoms with E-state index >= 15 is 0 Å². The van der Waals surface area contributed by atoms with Gasteiger partial charge in [0.1, 0.15) is 5.01 Å². The number of nitrogens with zero attached hydrogens (tertiary/aromatic N) is 1. The lowest BCUT2D eigenvalue weighted by molar-refractivity contribution is -0.137. The van der Waals surface area contributed by atoms with E-state index in [1.165, 1.54) is 0 Å². The van der Waals surface area contributed by atoms with Crippen LogP contribution in [-0.4, -0.2) is 28.6 Å². The molecule has 1 unspecified atom stereocenters. The lowest BCUT2D eigenvalue weighted by Gasteiger charge is -2.11. The Labute approximate surface area is 122 Å². The second kappa shape index (κ2) is 8.52. The number of aryl methyl sites for hydroxylation is 1. The van der Waals surface area contributed by atoms with Crippen LogP contribution in [0.4, 0.5) is 4.79 Å². The minimum Gasteiger partial charge on any atom is -0.481 e. The van der Waals surface area contributed by atoms with Gasteiger partial charge in [-0.05, 0) is 25.7 Å². The maximum Gasteiger partial charge on any atom is 0.315 e. The summed E-state index contributed by atoms with van der Waals surface area (Å²) in [5, 5.41) is 15.0. The molecule has 0 aliphatic carbocycles. The highest BCUT2D eigenvalue weighted by molar-refractivity contribution is 7.11. The largest absolute Gasteiger partial charge is 0.481 e. The van der Waals surface area contributed by atoms with Gasteiger partial charge in [-0.15, -0.1) is 11.3 Å². The molecule has 1 aromatic heterocycles. The van der Waals surface area contributed by atoms with Gasteiger partial charge in [0.15, 0.2) is 0 Å². The minimum absolute atomic E-state index is 0.177. The first-order chi connectivity index (χ1) is 9.47. The van der Waals surface area contributed by atoms with Gasteiger partial charge in [-0.3, -0.25) is 4.79 Å². The lowest BCUT2D eigenvalue weighted by Crippen LogP contribution is -2.36. The number of carbonyl (C=O) groups excluding carboxylic acids is 1. The molecule has 0 aliphatic rings. The van der Waals surface area contributed by atoms with Crippen molar-refractivity contribution in [3.05, 3.63) is 16.1 Å². The molecule has 0 fully saturated rings. The maximum absolute atomic E-state index is 11.5. The van der Waals surface area contributed by atoms with Crippen molar-refractivity contribution in [2.24, 2.45) is 5.92 Å². The van der Waals surface area contributed by atoms with Crippen LogP contribution >= 0.6 is 11.3 Å². The third-order valence-corrected chi connectivity index (χ3v) is 3.76. The smallest absolute Gasteiger partial charge is 0.315 e. The predicted molar refractivity (Wildman–Crippen MR) is 77.7 cm³/mol. The van der Waals surface area contributed by atoms with Gasteiger partial charge in [0, 0.05) is 24.0 Å². The zero-order chi connectivity index (χ0) is 15.0. The molecule has 0 aromatic carbocycles. The van der Waals surface area contributed by atoms with Crippen molar-refractivity contribution >= 4 is 23.3 Å². The standard InChI is InChI=1S/C13H21N3O3S/c1-9(3-4-12(17)18)5-6-14-13(19)16-8-11-15-7-10(2)20-11/h7,9H,3-6,8H2,1-2H3,(H,17,18)(H2,14,16,19). The van der Waals surface area contributed by atoms with Crippen LogP contribution in [0.5, 0.6) is 0 Å². The quantitative estimate of drug-likeness (QED) is 0.686. The summed E-state index contributed by atoms with van der Waals surface area (Å²) in [5.41, 5.74) is 0. The highest BCUT2D eigenvalue weighted by Gasteiger charge is 2.07. The number of nitrogens with one attached hydrogen (secondary N) is 2. The van der Waals surface area contributed by atoms with E-state index in [1.54, 1.807) is 17.5 Å². The van der Waals surface area contributed by atoms with Gasteiger partial charge in [-0.25, -0.2) is 9.78 Å². The average molecular weight is 299 g/mol. The summed E-state index contributed by atoms with van der Waals surface area (Å²) in [6.07, 6.45) is 3.37. The number of rotatable bonds is 8. The molecule has 1 heterocycles. The van der Waals surface area contributed by atoms with E-state index in [0.29, 0.717) is 19.5 Å². The van der Waals surface area contributed by atoms with Crippen LogP contribution < -0.4 is 10.6 Å². The molecule has 112 valence electrons. The van der Waals surface area contributed by atoms with Gasteiger partial charge in [-0.1, -0.05) is 6.92 Å². The normalized spacial score (nSPS) is 11.9. The number of carboxylic acid groups (broad SMARTS) is 1. The van der Waals surface area contributed by atoms with Gasteiger partial charge in [0.2, 0.25) is 0 Å². The van der Waals surface area contributed by atoms with Crippen LogP contribution in [-0.2, 0) is 11.3 Å². The molecular weight excluding hydrogens is 278 g/mol. The lowest BCUT2D eigenvalue weighted by atomic mass is 10.0. The summed E-state index contributed by atoms with van der Waals surface area (Å²) in [6, 6.07) is -0.219. The molecule has 0 bridgehead atoms. The number of amides is 2. The Hall–Kier alpha value is -1.63. The van der Waals surface area contributed by atoms with E-state index in [4.69, 9.17) is 5.11 Å².